The summed E-state index contributed by atoms with van der Waals surface area (Å²) in [5.74, 6) is 0.678. The lowest BCUT2D eigenvalue weighted by Crippen LogP contribution is -2.12. The third-order valence-electron chi connectivity index (χ3n) is 4.81. The first-order chi connectivity index (χ1) is 13.8. The van der Waals surface area contributed by atoms with Gasteiger partial charge in [0.2, 0.25) is 0 Å². The lowest BCUT2D eigenvalue weighted by atomic mass is 9.87. The number of nitrogens with zero attached hydrogens (tertiary/aromatic N) is 3. The fourth-order valence-corrected chi connectivity index (χ4v) is 4.10. The minimum absolute atomic E-state index is 0.0611. The van der Waals surface area contributed by atoms with Crippen LogP contribution in [0.2, 0.25) is 0 Å². The maximum atomic E-state index is 13.0. The summed E-state index contributed by atoms with van der Waals surface area (Å²) in [6.45, 7) is 8.42. The first kappa shape index (κ1) is 19.3. The van der Waals surface area contributed by atoms with Gasteiger partial charge in [0.1, 0.15) is 5.82 Å². The molecule has 29 heavy (non-hydrogen) atoms. The lowest BCUT2D eigenvalue weighted by molar-refractivity contribution is 0.589. The first-order valence-corrected chi connectivity index (χ1v) is 10.7. The molecule has 0 aliphatic heterocycles. The number of aryl methyl sites for hydroxylation is 1. The van der Waals surface area contributed by atoms with E-state index < -0.39 is 11.0 Å². The number of hydrogen-bond donors (Lipinski definition) is 1. The summed E-state index contributed by atoms with van der Waals surface area (Å²) in [4.78, 5) is 5.14. The molecule has 4 aromatic rings. The smallest absolute Gasteiger partial charge is 0.151 e. The van der Waals surface area contributed by atoms with Crippen LogP contribution in [0.15, 0.2) is 71.8 Å². The monoisotopic (exact) mass is 404 g/mol. The van der Waals surface area contributed by atoms with Gasteiger partial charge in [-0.25, -0.2) is 8.89 Å². The highest BCUT2D eigenvalue weighted by atomic mass is 32.2. The Morgan fingerprint density at radius 3 is 2.48 bits per heavy atom. The summed E-state index contributed by atoms with van der Waals surface area (Å²) in [6.07, 6.45) is 1.77. The van der Waals surface area contributed by atoms with Crippen LogP contribution in [0.1, 0.15) is 32.0 Å². The number of aromatic nitrogens is 3. The van der Waals surface area contributed by atoms with Crippen molar-refractivity contribution in [3.05, 3.63) is 78.1 Å². The fraction of sp³-hybridized carbons (Fsp3) is 0.217. The Balaban J connectivity index is 1.68. The molecular weight excluding hydrogens is 380 g/mol. The number of anilines is 1. The van der Waals surface area contributed by atoms with Crippen molar-refractivity contribution >= 4 is 27.7 Å². The number of pyridine rings is 1. The quantitative estimate of drug-likeness (QED) is 0.511. The molecule has 0 saturated heterocycles. The van der Waals surface area contributed by atoms with Crippen molar-refractivity contribution in [2.45, 2.75) is 38.0 Å². The molecule has 0 spiro atoms. The predicted molar refractivity (Wildman–Crippen MR) is 119 cm³/mol. The van der Waals surface area contributed by atoms with Crippen LogP contribution in [0.3, 0.4) is 0 Å². The second-order valence-corrected chi connectivity index (χ2v) is 9.29. The van der Waals surface area contributed by atoms with E-state index in [-0.39, 0.29) is 5.41 Å². The Hall–Kier alpha value is -2.99. The Morgan fingerprint density at radius 2 is 1.76 bits per heavy atom. The van der Waals surface area contributed by atoms with Gasteiger partial charge in [-0.3, -0.25) is 9.71 Å². The van der Waals surface area contributed by atoms with E-state index >= 15 is 0 Å². The molecule has 0 saturated carbocycles. The SMILES string of the molecule is Cc1cc(NS(=O)c2ccc(C(C)(C)C)cc2)n(-c2cccc3ncccc23)n1. The molecule has 0 amide bonds. The second kappa shape index (κ2) is 7.44. The number of nitrogens with one attached hydrogen (secondary N) is 1. The minimum atomic E-state index is -1.40. The fourth-order valence-electron chi connectivity index (χ4n) is 3.26. The van der Waals surface area contributed by atoms with Crippen LogP contribution in [0.4, 0.5) is 5.82 Å². The second-order valence-electron chi connectivity index (χ2n) is 8.08. The summed E-state index contributed by atoms with van der Waals surface area (Å²) < 4.78 is 17.9. The molecule has 0 radical (unpaired) electrons. The van der Waals surface area contributed by atoms with Gasteiger partial charge in [0, 0.05) is 17.6 Å². The van der Waals surface area contributed by atoms with Gasteiger partial charge in [-0.1, -0.05) is 39.0 Å². The van der Waals surface area contributed by atoms with Crippen molar-refractivity contribution in [2.75, 3.05) is 4.72 Å². The molecule has 0 bridgehead atoms. The van der Waals surface area contributed by atoms with E-state index in [1.165, 1.54) is 5.56 Å². The Bertz CT molecular complexity index is 1180. The third kappa shape index (κ3) is 3.93. The van der Waals surface area contributed by atoms with Gasteiger partial charge in [-0.05, 0) is 54.3 Å². The van der Waals surface area contributed by atoms with Crippen LogP contribution >= 0.6 is 0 Å². The van der Waals surface area contributed by atoms with Crippen LogP contribution in [0, 0.1) is 6.92 Å². The molecule has 148 valence electrons. The molecule has 2 heterocycles. The van der Waals surface area contributed by atoms with Crippen molar-refractivity contribution in [3.63, 3.8) is 0 Å². The summed E-state index contributed by atoms with van der Waals surface area (Å²) >= 11 is 0. The van der Waals surface area contributed by atoms with E-state index in [4.69, 9.17) is 0 Å². The van der Waals surface area contributed by atoms with E-state index in [0.717, 1.165) is 27.2 Å². The standard InChI is InChI=1S/C23H24N4OS/c1-16-15-22(26-29(28)18-12-10-17(11-13-18)23(2,3)4)27(25-16)21-9-5-8-20-19(21)7-6-14-24-20/h5-15,26H,1-4H3. The molecule has 6 heteroatoms. The van der Waals surface area contributed by atoms with Gasteiger partial charge in [0.15, 0.2) is 11.0 Å². The lowest BCUT2D eigenvalue weighted by Gasteiger charge is -2.19. The highest BCUT2D eigenvalue weighted by Crippen LogP contribution is 2.26. The molecule has 0 fully saturated rings. The average Bonchev–Trinajstić information content (AvgIpc) is 3.06. The van der Waals surface area contributed by atoms with Gasteiger partial charge in [0.05, 0.1) is 21.8 Å². The third-order valence-corrected chi connectivity index (χ3v) is 5.91. The normalized spacial score (nSPS) is 12.8. The highest BCUT2D eigenvalue weighted by molar-refractivity contribution is 7.86. The predicted octanol–water partition coefficient (Wildman–Crippen LogP) is 5.16. The van der Waals surface area contributed by atoms with E-state index in [0.29, 0.717) is 5.82 Å². The number of benzene rings is 2. The Morgan fingerprint density at radius 1 is 1.00 bits per heavy atom. The highest BCUT2D eigenvalue weighted by Gasteiger charge is 2.16. The Kier molecular flexibility index (Phi) is 4.96. The molecule has 0 aliphatic carbocycles. The number of fused-ring (bicyclic) bond motifs is 1. The first-order valence-electron chi connectivity index (χ1n) is 9.53. The van der Waals surface area contributed by atoms with Crippen LogP contribution < -0.4 is 4.72 Å². The van der Waals surface area contributed by atoms with Crippen molar-refractivity contribution < 1.29 is 4.21 Å². The topological polar surface area (TPSA) is 59.8 Å². The maximum absolute atomic E-state index is 13.0. The van der Waals surface area contributed by atoms with E-state index in [2.05, 4.69) is 35.6 Å². The van der Waals surface area contributed by atoms with Crippen LogP contribution in [-0.4, -0.2) is 19.0 Å². The summed E-state index contributed by atoms with van der Waals surface area (Å²) in [7, 11) is -1.40. The van der Waals surface area contributed by atoms with Crippen molar-refractivity contribution in [1.29, 1.82) is 0 Å². The molecule has 2 aromatic heterocycles. The molecule has 5 nitrogen and oxygen atoms in total. The minimum Gasteiger partial charge on any atom is -0.285 e. The van der Waals surface area contributed by atoms with Gasteiger partial charge in [-0.2, -0.15) is 5.10 Å². The maximum Gasteiger partial charge on any atom is 0.151 e. The van der Waals surface area contributed by atoms with E-state index in [1.807, 2.05) is 67.6 Å². The molecule has 1 unspecified atom stereocenters. The van der Waals surface area contributed by atoms with Crippen LogP contribution in [0.25, 0.3) is 16.6 Å². The van der Waals surface area contributed by atoms with Gasteiger partial charge < -0.3 is 0 Å². The molecular formula is C23H24N4OS. The van der Waals surface area contributed by atoms with Gasteiger partial charge >= 0.3 is 0 Å². The zero-order chi connectivity index (χ0) is 20.6. The van der Waals surface area contributed by atoms with Crippen LogP contribution in [0.5, 0.6) is 0 Å². The van der Waals surface area contributed by atoms with Crippen molar-refractivity contribution in [3.8, 4) is 5.69 Å². The van der Waals surface area contributed by atoms with Gasteiger partial charge in [-0.15, -0.1) is 0 Å². The number of hydrogen-bond acceptors (Lipinski definition) is 3. The molecule has 0 aliphatic rings. The average molecular weight is 405 g/mol. The van der Waals surface area contributed by atoms with Gasteiger partial charge in [0.25, 0.3) is 0 Å². The van der Waals surface area contributed by atoms with Crippen molar-refractivity contribution in [1.82, 2.24) is 14.8 Å². The largest absolute Gasteiger partial charge is 0.285 e. The van der Waals surface area contributed by atoms with E-state index in [9.17, 15) is 4.21 Å². The van der Waals surface area contributed by atoms with Crippen LogP contribution in [-0.2, 0) is 16.4 Å². The molecule has 2 aromatic carbocycles. The molecule has 1 atom stereocenters. The molecule has 1 N–H and O–H groups in total. The van der Waals surface area contributed by atoms with Crippen molar-refractivity contribution in [2.24, 2.45) is 0 Å². The zero-order valence-electron chi connectivity index (χ0n) is 17.0. The number of rotatable bonds is 4. The molecule has 4 rings (SSSR count). The zero-order valence-corrected chi connectivity index (χ0v) is 17.8. The summed E-state index contributed by atoms with van der Waals surface area (Å²) in [6, 6.07) is 19.6. The Labute approximate surface area is 173 Å². The van der Waals surface area contributed by atoms with E-state index in [1.54, 1.807) is 10.9 Å². The summed E-state index contributed by atoms with van der Waals surface area (Å²) in [5.41, 5.74) is 3.90. The summed E-state index contributed by atoms with van der Waals surface area (Å²) in [5, 5.41) is 5.60.